The van der Waals surface area contributed by atoms with Crippen molar-refractivity contribution in [2.24, 2.45) is 0 Å². The number of rotatable bonds is 3. The largest absolute Gasteiger partial charge is 0.487 e. The maximum atomic E-state index is 12.9. The third-order valence-corrected chi connectivity index (χ3v) is 2.54. The first-order valence-electron chi connectivity index (χ1n) is 4.83. The Balaban J connectivity index is 2.02. The highest BCUT2D eigenvalue weighted by atomic mass is 79.9. The summed E-state index contributed by atoms with van der Waals surface area (Å²) in [6.45, 7) is 0.207. The summed E-state index contributed by atoms with van der Waals surface area (Å²) in [6, 6.07) is 7.02. The van der Waals surface area contributed by atoms with Gasteiger partial charge in [-0.1, -0.05) is 0 Å². The Morgan fingerprint density at radius 3 is 2.59 bits per heavy atom. The summed E-state index contributed by atoms with van der Waals surface area (Å²) in [5, 5.41) is 0. The van der Waals surface area contributed by atoms with Crippen LogP contribution in [-0.2, 0) is 6.61 Å². The molecule has 17 heavy (non-hydrogen) atoms. The number of pyridine rings is 1. The number of hydrogen-bond donors (Lipinski definition) is 0. The van der Waals surface area contributed by atoms with Crippen molar-refractivity contribution in [3.63, 3.8) is 0 Å². The predicted molar refractivity (Wildman–Crippen MR) is 62.6 cm³/mol. The van der Waals surface area contributed by atoms with Crippen molar-refractivity contribution in [3.05, 3.63) is 58.3 Å². The maximum Gasteiger partial charge on any atom is 0.162 e. The quantitative estimate of drug-likeness (QED) is 0.862. The molecule has 2 nitrogen and oxygen atoms in total. The molecule has 0 bridgehead atoms. The fraction of sp³-hybridized carbons (Fsp3) is 0.0833. The summed E-state index contributed by atoms with van der Waals surface area (Å²) in [4.78, 5) is 4.09. The van der Waals surface area contributed by atoms with E-state index in [1.54, 1.807) is 12.3 Å². The van der Waals surface area contributed by atoms with Gasteiger partial charge in [0.15, 0.2) is 11.6 Å². The lowest BCUT2D eigenvalue weighted by molar-refractivity contribution is 0.298. The van der Waals surface area contributed by atoms with E-state index in [0.717, 1.165) is 16.6 Å². The van der Waals surface area contributed by atoms with Crippen LogP contribution >= 0.6 is 15.9 Å². The van der Waals surface area contributed by atoms with E-state index in [4.69, 9.17) is 4.74 Å². The lowest BCUT2D eigenvalue weighted by Gasteiger charge is -2.05. The molecule has 2 aromatic rings. The van der Waals surface area contributed by atoms with E-state index >= 15 is 0 Å². The van der Waals surface area contributed by atoms with Gasteiger partial charge in [-0.05, 0) is 40.2 Å². The van der Waals surface area contributed by atoms with Gasteiger partial charge >= 0.3 is 0 Å². The summed E-state index contributed by atoms with van der Waals surface area (Å²) in [6.07, 6.45) is 1.64. The molecule has 0 aliphatic rings. The van der Waals surface area contributed by atoms with Gasteiger partial charge in [0.1, 0.15) is 12.4 Å². The molecule has 0 saturated heterocycles. The molecule has 1 heterocycles. The van der Waals surface area contributed by atoms with Gasteiger partial charge in [-0.3, -0.25) is 4.98 Å². The molecule has 0 saturated carbocycles. The van der Waals surface area contributed by atoms with Crippen LogP contribution in [0, 0.1) is 11.6 Å². The zero-order valence-corrected chi connectivity index (χ0v) is 10.2. The molecular weight excluding hydrogens is 292 g/mol. The van der Waals surface area contributed by atoms with Crippen molar-refractivity contribution in [3.8, 4) is 5.75 Å². The molecule has 0 aliphatic heterocycles. The maximum absolute atomic E-state index is 12.9. The number of aromatic nitrogens is 1. The van der Waals surface area contributed by atoms with Gasteiger partial charge in [-0.25, -0.2) is 8.78 Å². The minimum Gasteiger partial charge on any atom is -0.487 e. The third-order valence-electron chi connectivity index (χ3n) is 2.07. The monoisotopic (exact) mass is 299 g/mol. The van der Waals surface area contributed by atoms with Crippen LogP contribution in [0.4, 0.5) is 8.78 Å². The molecule has 1 aromatic carbocycles. The van der Waals surface area contributed by atoms with Crippen LogP contribution in [0.25, 0.3) is 0 Å². The van der Waals surface area contributed by atoms with Crippen molar-refractivity contribution in [1.29, 1.82) is 0 Å². The molecule has 0 N–H and O–H groups in total. The van der Waals surface area contributed by atoms with Gasteiger partial charge in [-0.2, -0.15) is 0 Å². The number of ether oxygens (including phenoxy) is 1. The fourth-order valence-corrected chi connectivity index (χ4v) is 1.45. The van der Waals surface area contributed by atoms with Gasteiger partial charge in [0.25, 0.3) is 0 Å². The average molecular weight is 300 g/mol. The van der Waals surface area contributed by atoms with Crippen LogP contribution in [0.1, 0.15) is 5.69 Å². The van der Waals surface area contributed by atoms with Crippen molar-refractivity contribution >= 4 is 15.9 Å². The van der Waals surface area contributed by atoms with Crippen molar-refractivity contribution in [1.82, 2.24) is 4.98 Å². The Kier molecular flexibility index (Phi) is 3.68. The first-order valence-corrected chi connectivity index (χ1v) is 5.63. The molecular formula is C12H8BrF2NO. The van der Waals surface area contributed by atoms with Gasteiger partial charge in [0.2, 0.25) is 0 Å². The molecule has 0 aliphatic carbocycles. The fourth-order valence-electron chi connectivity index (χ4n) is 1.22. The Morgan fingerprint density at radius 2 is 1.94 bits per heavy atom. The number of halogens is 3. The van der Waals surface area contributed by atoms with Crippen molar-refractivity contribution < 1.29 is 13.5 Å². The molecule has 0 fully saturated rings. The third kappa shape index (κ3) is 3.23. The molecule has 2 rings (SSSR count). The van der Waals surface area contributed by atoms with Crippen LogP contribution in [0.2, 0.25) is 0 Å². The second kappa shape index (κ2) is 5.23. The van der Waals surface area contributed by atoms with Gasteiger partial charge < -0.3 is 4.74 Å². The number of benzene rings is 1. The molecule has 5 heteroatoms. The molecule has 0 atom stereocenters. The Bertz CT molecular complexity index is 516. The highest BCUT2D eigenvalue weighted by Gasteiger charge is 2.03. The molecule has 0 unspecified atom stereocenters. The Labute approximate surface area is 105 Å². The molecule has 0 spiro atoms. The van der Waals surface area contributed by atoms with Crippen LogP contribution in [0.15, 0.2) is 41.0 Å². The SMILES string of the molecule is Fc1ccc(OCc2ccc(Br)cn2)cc1F. The van der Waals surface area contributed by atoms with E-state index in [2.05, 4.69) is 20.9 Å². The first kappa shape index (κ1) is 12.0. The summed E-state index contributed by atoms with van der Waals surface area (Å²) >= 11 is 3.26. The van der Waals surface area contributed by atoms with Crippen LogP contribution < -0.4 is 4.74 Å². The topological polar surface area (TPSA) is 22.1 Å². The lowest BCUT2D eigenvalue weighted by atomic mass is 10.3. The second-order valence-corrected chi connectivity index (χ2v) is 4.25. The number of nitrogens with zero attached hydrogens (tertiary/aromatic N) is 1. The zero-order chi connectivity index (χ0) is 12.3. The van der Waals surface area contributed by atoms with Crippen LogP contribution in [0.5, 0.6) is 5.75 Å². The Morgan fingerprint density at radius 1 is 1.12 bits per heavy atom. The smallest absolute Gasteiger partial charge is 0.162 e. The summed E-state index contributed by atoms with van der Waals surface area (Å²) in [7, 11) is 0. The first-order chi connectivity index (χ1) is 8.15. The van der Waals surface area contributed by atoms with Gasteiger partial charge in [-0.15, -0.1) is 0 Å². The molecule has 88 valence electrons. The van der Waals surface area contributed by atoms with Crippen molar-refractivity contribution in [2.45, 2.75) is 6.61 Å². The van der Waals surface area contributed by atoms with E-state index < -0.39 is 11.6 Å². The number of hydrogen-bond acceptors (Lipinski definition) is 2. The van der Waals surface area contributed by atoms with E-state index in [1.165, 1.54) is 6.07 Å². The van der Waals surface area contributed by atoms with Crippen LogP contribution in [-0.4, -0.2) is 4.98 Å². The minimum atomic E-state index is -0.925. The average Bonchev–Trinajstić information content (AvgIpc) is 2.33. The van der Waals surface area contributed by atoms with E-state index in [0.29, 0.717) is 5.69 Å². The molecule has 0 radical (unpaired) electrons. The lowest BCUT2D eigenvalue weighted by Crippen LogP contribution is -1.98. The minimum absolute atomic E-state index is 0.207. The van der Waals surface area contributed by atoms with Gasteiger partial charge in [0, 0.05) is 16.7 Å². The Hall–Kier alpha value is -1.49. The van der Waals surface area contributed by atoms with Crippen LogP contribution in [0.3, 0.4) is 0 Å². The van der Waals surface area contributed by atoms with Crippen molar-refractivity contribution in [2.75, 3.05) is 0 Å². The zero-order valence-electron chi connectivity index (χ0n) is 8.66. The highest BCUT2D eigenvalue weighted by Crippen LogP contribution is 2.16. The molecule has 1 aromatic heterocycles. The van der Waals surface area contributed by atoms with E-state index in [-0.39, 0.29) is 12.4 Å². The normalized spacial score (nSPS) is 10.3. The summed E-state index contributed by atoms with van der Waals surface area (Å²) in [5.74, 6) is -1.54. The predicted octanol–water partition coefficient (Wildman–Crippen LogP) is 3.70. The van der Waals surface area contributed by atoms with Gasteiger partial charge in [0.05, 0.1) is 5.69 Å². The standard InChI is InChI=1S/C12H8BrF2NO/c13-8-1-2-9(16-6-8)7-17-10-3-4-11(14)12(15)5-10/h1-6H,7H2. The summed E-state index contributed by atoms with van der Waals surface area (Å²) in [5.41, 5.74) is 0.706. The summed E-state index contributed by atoms with van der Waals surface area (Å²) < 4.78 is 31.7. The van der Waals surface area contributed by atoms with E-state index in [1.807, 2.05) is 6.07 Å². The van der Waals surface area contributed by atoms with E-state index in [9.17, 15) is 8.78 Å². The highest BCUT2D eigenvalue weighted by molar-refractivity contribution is 9.10. The second-order valence-electron chi connectivity index (χ2n) is 3.33. The molecule has 0 amide bonds.